The molecule has 0 N–H and O–H groups in total. The molecule has 1 fully saturated rings. The number of fused-ring (bicyclic) bond motifs is 1. The van der Waals surface area contributed by atoms with E-state index in [9.17, 15) is 9.59 Å². The van der Waals surface area contributed by atoms with Gasteiger partial charge >= 0.3 is 0 Å². The molecule has 2 heterocycles. The van der Waals surface area contributed by atoms with E-state index in [1.165, 1.54) is 10.6 Å². The van der Waals surface area contributed by atoms with Gasteiger partial charge in [0, 0.05) is 39.0 Å². The van der Waals surface area contributed by atoms with Crippen LogP contribution in [0.4, 0.5) is 5.69 Å². The molecule has 6 nitrogen and oxygen atoms in total. The number of aryl methyl sites for hydroxylation is 1. The summed E-state index contributed by atoms with van der Waals surface area (Å²) in [6, 6.07) is 7.97. The first-order valence-electron chi connectivity index (χ1n) is 10.2. The van der Waals surface area contributed by atoms with Gasteiger partial charge in [0.15, 0.2) is 0 Å². The van der Waals surface area contributed by atoms with Crippen molar-refractivity contribution in [2.75, 3.05) is 37.8 Å². The molecular weight excluding hydrogens is 342 g/mol. The number of rotatable bonds is 7. The van der Waals surface area contributed by atoms with Crippen LogP contribution in [0.3, 0.4) is 0 Å². The van der Waals surface area contributed by atoms with E-state index in [2.05, 4.69) is 11.0 Å². The Morgan fingerprint density at radius 2 is 1.89 bits per heavy atom. The lowest BCUT2D eigenvalue weighted by Gasteiger charge is -2.35. The molecule has 0 aliphatic carbocycles. The van der Waals surface area contributed by atoms with Crippen LogP contribution in [0.2, 0.25) is 0 Å². The quantitative estimate of drug-likeness (QED) is 0.737. The predicted molar refractivity (Wildman–Crippen MR) is 105 cm³/mol. The van der Waals surface area contributed by atoms with Crippen LogP contribution in [0.25, 0.3) is 0 Å². The van der Waals surface area contributed by atoms with Gasteiger partial charge in [-0.15, -0.1) is 0 Å². The Bertz CT molecular complexity index is 656. The summed E-state index contributed by atoms with van der Waals surface area (Å²) in [6.45, 7) is 8.50. The molecule has 148 valence electrons. The first-order chi connectivity index (χ1) is 13.1. The number of hydrogen-bond donors (Lipinski definition) is 0. The van der Waals surface area contributed by atoms with Gasteiger partial charge in [0.2, 0.25) is 5.91 Å². The second-order valence-corrected chi connectivity index (χ2v) is 7.45. The molecule has 1 aromatic rings. The highest BCUT2D eigenvalue weighted by Gasteiger charge is 2.26. The number of nitrogens with zero attached hydrogens (tertiary/aromatic N) is 3. The van der Waals surface area contributed by atoms with Crippen LogP contribution in [-0.4, -0.2) is 60.4 Å². The molecule has 1 atom stereocenters. The van der Waals surface area contributed by atoms with Crippen molar-refractivity contribution >= 4 is 17.5 Å². The van der Waals surface area contributed by atoms with Gasteiger partial charge in [0.05, 0.1) is 11.8 Å². The van der Waals surface area contributed by atoms with E-state index in [1.54, 1.807) is 0 Å². The summed E-state index contributed by atoms with van der Waals surface area (Å²) in [5.41, 5.74) is 2.06. The highest BCUT2D eigenvalue weighted by atomic mass is 16.7. The predicted octanol–water partition coefficient (Wildman–Crippen LogP) is 2.62. The number of piperazine rings is 1. The number of benzene rings is 1. The maximum absolute atomic E-state index is 12.3. The topological polar surface area (TPSA) is 53.1 Å². The summed E-state index contributed by atoms with van der Waals surface area (Å²) in [4.78, 5) is 34.4. The molecular formula is C21H31N3O3. The normalized spacial score (nSPS) is 19.1. The van der Waals surface area contributed by atoms with Crippen LogP contribution in [0.15, 0.2) is 24.3 Å². The van der Waals surface area contributed by atoms with Gasteiger partial charge in [-0.1, -0.05) is 25.1 Å². The Kier molecular flexibility index (Phi) is 6.85. The van der Waals surface area contributed by atoms with Gasteiger partial charge in [0.25, 0.3) is 5.91 Å². The minimum atomic E-state index is -0.0111. The number of hydroxylamine groups is 1. The van der Waals surface area contributed by atoms with Gasteiger partial charge in [-0.05, 0) is 44.4 Å². The van der Waals surface area contributed by atoms with Crippen molar-refractivity contribution in [1.29, 1.82) is 0 Å². The van der Waals surface area contributed by atoms with Crippen molar-refractivity contribution in [1.82, 2.24) is 9.80 Å². The molecule has 2 amide bonds. The van der Waals surface area contributed by atoms with Crippen molar-refractivity contribution in [2.45, 2.75) is 52.1 Å². The minimum Gasteiger partial charge on any atom is -0.340 e. The average molecular weight is 373 g/mol. The highest BCUT2D eigenvalue weighted by molar-refractivity contribution is 5.94. The summed E-state index contributed by atoms with van der Waals surface area (Å²) in [7, 11) is 0. The van der Waals surface area contributed by atoms with E-state index in [1.807, 2.05) is 36.9 Å². The summed E-state index contributed by atoms with van der Waals surface area (Å²) < 4.78 is 0. The summed E-state index contributed by atoms with van der Waals surface area (Å²) in [6.07, 6.45) is 3.79. The minimum absolute atomic E-state index is 0.0111. The first-order valence-corrected chi connectivity index (χ1v) is 10.2. The van der Waals surface area contributed by atoms with Crippen molar-refractivity contribution in [3.8, 4) is 0 Å². The molecule has 6 heteroatoms. The Labute approximate surface area is 162 Å². The Balaban J connectivity index is 1.41. The molecule has 1 aromatic carbocycles. The van der Waals surface area contributed by atoms with Gasteiger partial charge < -0.3 is 4.90 Å². The van der Waals surface area contributed by atoms with Gasteiger partial charge in [-0.3, -0.25) is 19.3 Å². The molecule has 0 spiro atoms. The average Bonchev–Trinajstić information content (AvgIpc) is 2.70. The van der Waals surface area contributed by atoms with E-state index in [0.717, 1.165) is 57.7 Å². The Morgan fingerprint density at radius 1 is 1.15 bits per heavy atom. The lowest BCUT2D eigenvalue weighted by molar-refractivity contribution is -0.132. The Hall–Kier alpha value is -1.92. The molecule has 0 saturated carbocycles. The fraction of sp³-hybridized carbons (Fsp3) is 0.619. The molecule has 27 heavy (non-hydrogen) atoms. The third-order valence-electron chi connectivity index (χ3n) is 5.44. The number of carbonyl (C=O) groups is 2. The Morgan fingerprint density at radius 3 is 2.63 bits per heavy atom. The molecule has 1 saturated heterocycles. The molecule has 1 unspecified atom stereocenters. The van der Waals surface area contributed by atoms with E-state index in [0.29, 0.717) is 12.8 Å². The standard InChI is InChI=1S/C21H31N3O3/c1-3-20(25)23-15-13-22(14-16-23)12-6-7-17(2)27-24-19-9-5-4-8-18(19)10-11-21(24)26/h4-5,8-9,17H,3,6-7,10-16H2,1-2H3. The van der Waals surface area contributed by atoms with Crippen LogP contribution in [0, 0.1) is 0 Å². The maximum atomic E-state index is 12.3. The van der Waals surface area contributed by atoms with E-state index in [-0.39, 0.29) is 17.9 Å². The van der Waals surface area contributed by atoms with Crippen LogP contribution in [0.1, 0.15) is 45.1 Å². The molecule has 2 aliphatic rings. The van der Waals surface area contributed by atoms with Crippen LogP contribution in [-0.2, 0) is 20.8 Å². The zero-order valence-corrected chi connectivity index (χ0v) is 16.5. The smallest absolute Gasteiger partial charge is 0.251 e. The van der Waals surface area contributed by atoms with Crippen LogP contribution >= 0.6 is 0 Å². The van der Waals surface area contributed by atoms with Crippen LogP contribution in [0.5, 0.6) is 0 Å². The third-order valence-corrected chi connectivity index (χ3v) is 5.44. The van der Waals surface area contributed by atoms with Gasteiger partial charge in [-0.2, -0.15) is 5.06 Å². The number of amides is 2. The molecule has 2 aliphatic heterocycles. The van der Waals surface area contributed by atoms with Gasteiger partial charge in [0.1, 0.15) is 0 Å². The van der Waals surface area contributed by atoms with Crippen molar-refractivity contribution in [2.24, 2.45) is 0 Å². The van der Waals surface area contributed by atoms with Crippen molar-refractivity contribution < 1.29 is 14.4 Å². The third kappa shape index (κ3) is 5.08. The van der Waals surface area contributed by atoms with E-state index in [4.69, 9.17) is 4.84 Å². The highest BCUT2D eigenvalue weighted by Crippen LogP contribution is 2.28. The zero-order valence-electron chi connectivity index (χ0n) is 16.5. The molecule has 0 aromatic heterocycles. The maximum Gasteiger partial charge on any atom is 0.251 e. The number of para-hydroxylation sites is 1. The zero-order chi connectivity index (χ0) is 19.2. The van der Waals surface area contributed by atoms with Crippen LogP contribution < -0.4 is 5.06 Å². The summed E-state index contributed by atoms with van der Waals surface area (Å²) >= 11 is 0. The first kappa shape index (κ1) is 19.8. The fourth-order valence-corrected chi connectivity index (χ4v) is 3.79. The van der Waals surface area contributed by atoms with Crippen molar-refractivity contribution in [3.05, 3.63) is 29.8 Å². The lowest BCUT2D eigenvalue weighted by Crippen LogP contribution is -2.48. The van der Waals surface area contributed by atoms with E-state index < -0.39 is 0 Å². The number of hydrogen-bond acceptors (Lipinski definition) is 4. The number of anilines is 1. The van der Waals surface area contributed by atoms with Gasteiger partial charge in [-0.25, -0.2) is 0 Å². The second kappa shape index (κ2) is 9.33. The fourth-order valence-electron chi connectivity index (χ4n) is 3.79. The largest absolute Gasteiger partial charge is 0.340 e. The lowest BCUT2D eigenvalue weighted by atomic mass is 10.0. The SMILES string of the molecule is CCC(=O)N1CCN(CCCC(C)ON2C(=O)CCc3ccccc32)CC1. The second-order valence-electron chi connectivity index (χ2n) is 7.45. The van der Waals surface area contributed by atoms with Crippen molar-refractivity contribution in [3.63, 3.8) is 0 Å². The summed E-state index contributed by atoms with van der Waals surface area (Å²) in [5.74, 6) is 0.292. The molecule has 3 rings (SSSR count). The van der Waals surface area contributed by atoms with E-state index >= 15 is 0 Å². The number of carbonyl (C=O) groups excluding carboxylic acids is 2. The molecule has 0 bridgehead atoms. The summed E-state index contributed by atoms with van der Waals surface area (Å²) in [5, 5.41) is 1.50. The monoisotopic (exact) mass is 373 g/mol. The molecule has 0 radical (unpaired) electrons.